The Morgan fingerprint density at radius 3 is 2.72 bits per heavy atom. The van der Waals surface area contributed by atoms with Crippen molar-refractivity contribution < 1.29 is 9.53 Å². The number of rotatable bonds is 6. The first-order valence-electron chi connectivity index (χ1n) is 6.12. The summed E-state index contributed by atoms with van der Waals surface area (Å²) < 4.78 is 5.05. The summed E-state index contributed by atoms with van der Waals surface area (Å²) in [6, 6.07) is 7.33. The van der Waals surface area contributed by atoms with Gasteiger partial charge in [-0.15, -0.1) is 12.6 Å². The average Bonchev–Trinajstić information content (AvgIpc) is 2.33. The van der Waals surface area contributed by atoms with E-state index in [1.54, 1.807) is 13.2 Å². The number of hydrogen-bond acceptors (Lipinski definition) is 3. The highest BCUT2D eigenvalue weighted by atomic mass is 32.1. The molecule has 0 aliphatic carbocycles. The number of nitrogens with zero attached hydrogens (tertiary/aromatic N) is 1. The number of ether oxygens (including phenoxy) is 1. The fourth-order valence-electron chi connectivity index (χ4n) is 1.74. The minimum absolute atomic E-state index is 0.0386. The lowest BCUT2D eigenvalue weighted by atomic mass is 10.1. The molecule has 0 saturated heterocycles. The van der Waals surface area contributed by atoms with Crippen molar-refractivity contribution in [3.05, 3.63) is 29.8 Å². The maximum absolute atomic E-state index is 12.4. The van der Waals surface area contributed by atoms with E-state index in [2.05, 4.69) is 26.5 Å². The largest absolute Gasteiger partial charge is 0.383 e. The van der Waals surface area contributed by atoms with Crippen molar-refractivity contribution in [1.82, 2.24) is 4.90 Å². The molecule has 4 heteroatoms. The molecule has 0 saturated carbocycles. The Labute approximate surface area is 115 Å². The van der Waals surface area contributed by atoms with Gasteiger partial charge >= 0.3 is 0 Å². The lowest BCUT2D eigenvalue weighted by Crippen LogP contribution is -2.36. The number of methoxy groups -OCH3 is 1. The molecular formula is C14H21NO2S. The van der Waals surface area contributed by atoms with Crippen LogP contribution in [0.25, 0.3) is 0 Å². The zero-order chi connectivity index (χ0) is 13.5. The molecule has 0 unspecified atom stereocenters. The number of carbonyl (C=O) groups excluding carboxylic acids is 1. The van der Waals surface area contributed by atoms with Gasteiger partial charge in [-0.3, -0.25) is 4.79 Å². The molecule has 0 aromatic heterocycles. The fourth-order valence-corrected chi connectivity index (χ4v) is 1.96. The Morgan fingerprint density at radius 2 is 2.17 bits per heavy atom. The van der Waals surface area contributed by atoms with E-state index in [1.807, 2.05) is 23.1 Å². The number of benzene rings is 1. The standard InChI is InChI=1S/C14H21NO2S/c1-11(2)10-15(7-8-17-3)14(16)12-5-4-6-13(18)9-12/h4-6,9,11,18H,7-8,10H2,1-3H3. The summed E-state index contributed by atoms with van der Waals surface area (Å²) >= 11 is 4.26. The molecule has 0 heterocycles. The van der Waals surface area contributed by atoms with E-state index in [4.69, 9.17) is 4.74 Å². The fraction of sp³-hybridized carbons (Fsp3) is 0.500. The van der Waals surface area contributed by atoms with Crippen LogP contribution in [0.5, 0.6) is 0 Å². The van der Waals surface area contributed by atoms with Gasteiger partial charge in [-0.25, -0.2) is 0 Å². The third-order valence-corrected chi connectivity index (χ3v) is 2.81. The van der Waals surface area contributed by atoms with E-state index >= 15 is 0 Å². The molecule has 18 heavy (non-hydrogen) atoms. The molecular weight excluding hydrogens is 246 g/mol. The molecule has 0 spiro atoms. The Hall–Kier alpha value is -1.00. The summed E-state index contributed by atoms with van der Waals surface area (Å²) in [7, 11) is 1.65. The van der Waals surface area contributed by atoms with Gasteiger partial charge in [0.05, 0.1) is 6.61 Å². The second-order valence-corrected chi connectivity index (χ2v) is 5.20. The minimum atomic E-state index is 0.0386. The number of thiol groups is 1. The smallest absolute Gasteiger partial charge is 0.253 e. The van der Waals surface area contributed by atoms with Gasteiger partial charge in [0.15, 0.2) is 0 Å². The highest BCUT2D eigenvalue weighted by Crippen LogP contribution is 2.12. The second kappa shape index (κ2) is 7.44. The van der Waals surface area contributed by atoms with Crippen LogP contribution in [0.3, 0.4) is 0 Å². The summed E-state index contributed by atoms with van der Waals surface area (Å²) in [4.78, 5) is 15.0. The van der Waals surface area contributed by atoms with Crippen LogP contribution in [0.4, 0.5) is 0 Å². The topological polar surface area (TPSA) is 29.5 Å². The van der Waals surface area contributed by atoms with E-state index in [0.29, 0.717) is 24.6 Å². The number of hydrogen-bond donors (Lipinski definition) is 1. The molecule has 0 atom stereocenters. The van der Waals surface area contributed by atoms with Gasteiger partial charge in [-0.2, -0.15) is 0 Å². The minimum Gasteiger partial charge on any atom is -0.383 e. The van der Waals surface area contributed by atoms with Crippen molar-refractivity contribution in [2.75, 3.05) is 26.8 Å². The summed E-state index contributed by atoms with van der Waals surface area (Å²) in [6.07, 6.45) is 0. The lowest BCUT2D eigenvalue weighted by Gasteiger charge is -2.24. The Balaban J connectivity index is 2.80. The summed E-state index contributed by atoms with van der Waals surface area (Å²) in [6.45, 7) is 6.10. The first-order chi connectivity index (χ1) is 8.54. The van der Waals surface area contributed by atoms with Gasteiger partial charge in [0.25, 0.3) is 5.91 Å². The van der Waals surface area contributed by atoms with Gasteiger partial charge in [-0.1, -0.05) is 19.9 Å². The second-order valence-electron chi connectivity index (χ2n) is 4.69. The molecule has 1 rings (SSSR count). The van der Waals surface area contributed by atoms with Gasteiger partial charge in [0.1, 0.15) is 0 Å². The first kappa shape index (κ1) is 15.1. The molecule has 1 aromatic rings. The van der Waals surface area contributed by atoms with Crippen LogP contribution in [0.1, 0.15) is 24.2 Å². The average molecular weight is 267 g/mol. The molecule has 3 nitrogen and oxygen atoms in total. The van der Waals surface area contributed by atoms with E-state index < -0.39 is 0 Å². The summed E-state index contributed by atoms with van der Waals surface area (Å²) in [5.74, 6) is 0.474. The Morgan fingerprint density at radius 1 is 1.44 bits per heavy atom. The Bertz CT molecular complexity index is 393. The number of amides is 1. The first-order valence-corrected chi connectivity index (χ1v) is 6.56. The van der Waals surface area contributed by atoms with Crippen LogP contribution < -0.4 is 0 Å². The van der Waals surface area contributed by atoms with E-state index in [-0.39, 0.29) is 5.91 Å². The summed E-state index contributed by atoms with van der Waals surface area (Å²) in [5, 5.41) is 0. The van der Waals surface area contributed by atoms with Crippen LogP contribution in [-0.4, -0.2) is 37.6 Å². The maximum Gasteiger partial charge on any atom is 0.253 e. The van der Waals surface area contributed by atoms with Crippen molar-refractivity contribution in [2.24, 2.45) is 5.92 Å². The lowest BCUT2D eigenvalue weighted by molar-refractivity contribution is 0.0672. The molecule has 1 amide bonds. The summed E-state index contributed by atoms with van der Waals surface area (Å²) in [5.41, 5.74) is 0.680. The van der Waals surface area contributed by atoms with Gasteiger partial charge in [0.2, 0.25) is 0 Å². The zero-order valence-corrected chi connectivity index (χ0v) is 12.1. The third-order valence-electron chi connectivity index (χ3n) is 2.53. The molecule has 0 fully saturated rings. The van der Waals surface area contributed by atoms with Gasteiger partial charge in [-0.05, 0) is 24.1 Å². The normalized spacial score (nSPS) is 10.7. The number of carbonyl (C=O) groups is 1. The molecule has 0 N–H and O–H groups in total. The van der Waals surface area contributed by atoms with Crippen LogP contribution in [0.2, 0.25) is 0 Å². The highest BCUT2D eigenvalue weighted by molar-refractivity contribution is 7.80. The van der Waals surface area contributed by atoms with E-state index in [1.165, 1.54) is 0 Å². The molecule has 0 radical (unpaired) electrons. The quantitative estimate of drug-likeness (QED) is 0.803. The van der Waals surface area contributed by atoms with E-state index in [0.717, 1.165) is 11.4 Å². The molecule has 0 aliphatic heterocycles. The monoisotopic (exact) mass is 267 g/mol. The van der Waals surface area contributed by atoms with Gasteiger partial charge < -0.3 is 9.64 Å². The predicted octanol–water partition coefficient (Wildman–Crippen LogP) is 2.72. The zero-order valence-electron chi connectivity index (χ0n) is 11.2. The van der Waals surface area contributed by atoms with Crippen molar-refractivity contribution in [2.45, 2.75) is 18.7 Å². The predicted molar refractivity (Wildman–Crippen MR) is 76.3 cm³/mol. The highest BCUT2D eigenvalue weighted by Gasteiger charge is 2.16. The molecule has 1 aromatic carbocycles. The van der Waals surface area contributed by atoms with Crippen molar-refractivity contribution in [3.8, 4) is 0 Å². The van der Waals surface area contributed by atoms with Crippen LogP contribution in [0, 0.1) is 5.92 Å². The molecule has 0 bridgehead atoms. The molecule has 0 aliphatic rings. The van der Waals surface area contributed by atoms with Gasteiger partial charge in [0, 0.05) is 30.7 Å². The van der Waals surface area contributed by atoms with Crippen molar-refractivity contribution in [1.29, 1.82) is 0 Å². The maximum atomic E-state index is 12.4. The third kappa shape index (κ3) is 4.70. The van der Waals surface area contributed by atoms with E-state index in [9.17, 15) is 4.79 Å². The Kier molecular flexibility index (Phi) is 6.22. The van der Waals surface area contributed by atoms with Crippen molar-refractivity contribution >= 4 is 18.5 Å². The van der Waals surface area contributed by atoms with Crippen LogP contribution in [-0.2, 0) is 4.74 Å². The SMILES string of the molecule is COCCN(CC(C)C)C(=O)c1cccc(S)c1. The van der Waals surface area contributed by atoms with Crippen LogP contribution in [0.15, 0.2) is 29.2 Å². The van der Waals surface area contributed by atoms with Crippen LogP contribution >= 0.6 is 12.6 Å². The molecule has 100 valence electrons. The van der Waals surface area contributed by atoms with Crippen molar-refractivity contribution in [3.63, 3.8) is 0 Å².